The molecule has 2 amide bonds. The molecule has 242 valence electrons. The van der Waals surface area contributed by atoms with Gasteiger partial charge in [0, 0.05) is 34.6 Å². The molecule has 0 aliphatic heterocycles. The molecule has 4 aromatic rings. The van der Waals surface area contributed by atoms with E-state index in [4.69, 9.17) is 34.8 Å². The lowest BCUT2D eigenvalue weighted by molar-refractivity contribution is -0.140. The zero-order valence-electron chi connectivity index (χ0n) is 25.6. The van der Waals surface area contributed by atoms with Crippen LogP contribution in [0.1, 0.15) is 36.5 Å². The number of halogens is 3. The molecule has 0 saturated carbocycles. The minimum absolute atomic E-state index is 0.0197. The molecule has 0 spiro atoms. The SMILES string of the molecule is CCCCNC(=O)[C@H](Cc1ccccc1)N(Cc1ccc(Cl)cc1Cl)C(=O)CN(c1ccc(Cl)cc1)S(=O)(=O)c1ccc(C)cc1. The van der Waals surface area contributed by atoms with Crippen LogP contribution in [0.4, 0.5) is 5.69 Å². The Hall–Kier alpha value is -3.56. The summed E-state index contributed by atoms with van der Waals surface area (Å²) < 4.78 is 29.3. The van der Waals surface area contributed by atoms with Crippen LogP contribution in [0.2, 0.25) is 15.1 Å². The first-order valence-corrected chi connectivity index (χ1v) is 17.5. The van der Waals surface area contributed by atoms with Crippen LogP contribution in [0.5, 0.6) is 0 Å². The highest BCUT2D eigenvalue weighted by Gasteiger charge is 2.35. The van der Waals surface area contributed by atoms with Crippen molar-refractivity contribution < 1.29 is 18.0 Å². The first-order valence-electron chi connectivity index (χ1n) is 14.9. The predicted octanol–water partition coefficient (Wildman–Crippen LogP) is 7.71. The quantitative estimate of drug-likeness (QED) is 0.137. The van der Waals surface area contributed by atoms with Gasteiger partial charge in [-0.25, -0.2) is 8.42 Å². The van der Waals surface area contributed by atoms with Crippen molar-refractivity contribution >= 4 is 62.3 Å². The zero-order valence-corrected chi connectivity index (χ0v) is 28.7. The normalized spacial score (nSPS) is 11.9. The Balaban J connectivity index is 1.80. The van der Waals surface area contributed by atoms with E-state index in [-0.39, 0.29) is 29.5 Å². The van der Waals surface area contributed by atoms with Gasteiger partial charge in [0.05, 0.1) is 10.6 Å². The van der Waals surface area contributed by atoms with E-state index in [1.807, 2.05) is 44.2 Å². The largest absolute Gasteiger partial charge is 0.354 e. The van der Waals surface area contributed by atoms with Crippen molar-refractivity contribution in [1.29, 1.82) is 0 Å². The van der Waals surface area contributed by atoms with Crippen LogP contribution in [0, 0.1) is 6.92 Å². The molecule has 1 N–H and O–H groups in total. The van der Waals surface area contributed by atoms with E-state index in [1.54, 1.807) is 54.6 Å². The molecule has 0 radical (unpaired) electrons. The van der Waals surface area contributed by atoms with E-state index in [0.29, 0.717) is 27.2 Å². The molecular weight excluding hydrogens is 665 g/mol. The molecule has 0 saturated heterocycles. The number of sulfonamides is 1. The van der Waals surface area contributed by atoms with Crippen LogP contribution in [0.15, 0.2) is 102 Å². The summed E-state index contributed by atoms with van der Waals surface area (Å²) in [5.74, 6) is -0.946. The fraction of sp³-hybridized carbons (Fsp3) is 0.257. The summed E-state index contributed by atoms with van der Waals surface area (Å²) in [6.45, 7) is 3.66. The average molecular weight is 701 g/mol. The summed E-state index contributed by atoms with van der Waals surface area (Å²) in [5, 5.41) is 4.11. The predicted molar refractivity (Wildman–Crippen MR) is 186 cm³/mol. The second-order valence-corrected chi connectivity index (χ2v) is 14.1. The van der Waals surface area contributed by atoms with Crippen LogP contribution >= 0.6 is 34.8 Å². The number of rotatable bonds is 14. The Morgan fingerprint density at radius 1 is 0.848 bits per heavy atom. The second kappa shape index (κ2) is 16.3. The van der Waals surface area contributed by atoms with Gasteiger partial charge in [0.25, 0.3) is 10.0 Å². The molecule has 0 fully saturated rings. The van der Waals surface area contributed by atoms with Gasteiger partial charge < -0.3 is 10.2 Å². The number of amides is 2. The molecule has 11 heteroatoms. The minimum atomic E-state index is -4.22. The van der Waals surface area contributed by atoms with Gasteiger partial charge in [0.2, 0.25) is 11.8 Å². The zero-order chi connectivity index (χ0) is 33.3. The molecular formula is C35H36Cl3N3O4S. The lowest BCUT2D eigenvalue weighted by Crippen LogP contribution is -2.53. The highest BCUT2D eigenvalue weighted by atomic mass is 35.5. The smallest absolute Gasteiger partial charge is 0.264 e. The maximum atomic E-state index is 14.5. The Labute approximate surface area is 286 Å². The van der Waals surface area contributed by atoms with Crippen LogP contribution < -0.4 is 9.62 Å². The number of benzene rings is 4. The minimum Gasteiger partial charge on any atom is -0.354 e. The monoisotopic (exact) mass is 699 g/mol. The van der Waals surface area contributed by atoms with Gasteiger partial charge in [0.1, 0.15) is 12.6 Å². The van der Waals surface area contributed by atoms with E-state index in [1.165, 1.54) is 17.0 Å². The first kappa shape index (κ1) is 35.3. The van der Waals surface area contributed by atoms with Gasteiger partial charge in [-0.2, -0.15) is 0 Å². The molecule has 0 aliphatic carbocycles. The standard InChI is InChI=1S/C35H36Cl3N3O4S/c1-3-4-20-39-35(43)33(21-26-8-6-5-7-9-26)40(23-27-12-13-29(37)22-32(27)38)34(42)24-41(30-16-14-28(36)15-17-30)46(44,45)31-18-10-25(2)11-19-31/h5-19,22,33H,3-4,20-21,23-24H2,1-2H3,(H,39,43)/t33-/m0/s1. The Bertz CT molecular complexity index is 1740. The number of hydrogen-bond acceptors (Lipinski definition) is 4. The van der Waals surface area contributed by atoms with Crippen molar-refractivity contribution in [1.82, 2.24) is 10.2 Å². The number of unbranched alkanes of at least 4 members (excludes halogenated alkanes) is 1. The van der Waals surface area contributed by atoms with E-state index in [0.717, 1.165) is 28.3 Å². The lowest BCUT2D eigenvalue weighted by atomic mass is 10.0. The van der Waals surface area contributed by atoms with Crippen molar-refractivity contribution in [3.8, 4) is 0 Å². The van der Waals surface area contributed by atoms with Crippen LogP contribution in [-0.4, -0.2) is 44.3 Å². The molecule has 4 rings (SSSR count). The summed E-state index contributed by atoms with van der Waals surface area (Å²) in [6.07, 6.45) is 1.83. The number of nitrogens with one attached hydrogen (secondary N) is 1. The summed E-state index contributed by atoms with van der Waals surface area (Å²) in [4.78, 5) is 29.8. The second-order valence-electron chi connectivity index (χ2n) is 10.9. The molecule has 46 heavy (non-hydrogen) atoms. The number of carbonyl (C=O) groups is 2. The van der Waals surface area contributed by atoms with Crippen molar-refractivity contribution in [2.75, 3.05) is 17.4 Å². The number of nitrogens with zero attached hydrogens (tertiary/aromatic N) is 2. The summed E-state index contributed by atoms with van der Waals surface area (Å²) in [5.41, 5.74) is 2.52. The number of anilines is 1. The molecule has 1 atom stereocenters. The average Bonchev–Trinajstić information content (AvgIpc) is 3.03. The molecule has 0 aliphatic rings. The van der Waals surface area contributed by atoms with Crippen molar-refractivity contribution in [3.63, 3.8) is 0 Å². The van der Waals surface area contributed by atoms with Gasteiger partial charge in [0.15, 0.2) is 0 Å². The maximum absolute atomic E-state index is 14.5. The number of hydrogen-bond donors (Lipinski definition) is 1. The highest BCUT2D eigenvalue weighted by molar-refractivity contribution is 7.92. The topological polar surface area (TPSA) is 86.8 Å². The van der Waals surface area contributed by atoms with Crippen LogP contribution in [0.3, 0.4) is 0 Å². The Morgan fingerprint density at radius 3 is 2.13 bits per heavy atom. The molecule has 7 nitrogen and oxygen atoms in total. The van der Waals surface area contributed by atoms with Gasteiger partial charge in [-0.1, -0.05) is 102 Å². The van der Waals surface area contributed by atoms with E-state index < -0.39 is 28.5 Å². The fourth-order valence-electron chi connectivity index (χ4n) is 4.87. The molecule has 4 aromatic carbocycles. The van der Waals surface area contributed by atoms with Gasteiger partial charge in [-0.05, 0) is 73.0 Å². The first-order chi connectivity index (χ1) is 22.0. The number of aryl methyl sites for hydroxylation is 1. The maximum Gasteiger partial charge on any atom is 0.264 e. The van der Waals surface area contributed by atoms with E-state index in [2.05, 4.69) is 5.32 Å². The molecule has 0 heterocycles. The molecule has 0 unspecified atom stereocenters. The van der Waals surface area contributed by atoms with Gasteiger partial charge in [-0.15, -0.1) is 0 Å². The van der Waals surface area contributed by atoms with Crippen molar-refractivity contribution in [2.24, 2.45) is 0 Å². The third kappa shape index (κ3) is 9.26. The van der Waals surface area contributed by atoms with Crippen molar-refractivity contribution in [3.05, 3.63) is 129 Å². The van der Waals surface area contributed by atoms with Crippen LogP contribution in [0.25, 0.3) is 0 Å². The van der Waals surface area contributed by atoms with Crippen molar-refractivity contribution in [2.45, 2.75) is 50.6 Å². The Kier molecular flexibility index (Phi) is 12.5. The lowest BCUT2D eigenvalue weighted by Gasteiger charge is -2.34. The highest BCUT2D eigenvalue weighted by Crippen LogP contribution is 2.28. The Morgan fingerprint density at radius 2 is 1.50 bits per heavy atom. The fourth-order valence-corrected chi connectivity index (χ4v) is 6.88. The van der Waals surface area contributed by atoms with Gasteiger partial charge in [-0.3, -0.25) is 13.9 Å². The van der Waals surface area contributed by atoms with E-state index >= 15 is 0 Å². The third-order valence-corrected chi connectivity index (χ3v) is 10.1. The number of carbonyl (C=O) groups excluding carboxylic acids is 2. The van der Waals surface area contributed by atoms with E-state index in [9.17, 15) is 18.0 Å². The third-order valence-electron chi connectivity index (χ3n) is 7.46. The summed E-state index contributed by atoms with van der Waals surface area (Å²) in [6, 6.07) is 25.9. The molecule has 0 bridgehead atoms. The molecule has 0 aromatic heterocycles. The van der Waals surface area contributed by atoms with Crippen LogP contribution in [-0.2, 0) is 32.6 Å². The summed E-state index contributed by atoms with van der Waals surface area (Å²) >= 11 is 18.9. The van der Waals surface area contributed by atoms with Gasteiger partial charge >= 0.3 is 0 Å². The summed E-state index contributed by atoms with van der Waals surface area (Å²) in [7, 11) is -4.22.